The Hall–Kier alpha value is -2.05. The summed E-state index contributed by atoms with van der Waals surface area (Å²) in [7, 11) is 0. The third-order valence-electron chi connectivity index (χ3n) is 2.45. The number of nitrogens with zero attached hydrogens (tertiary/aromatic N) is 2. The van der Waals surface area contributed by atoms with Gasteiger partial charge in [-0.1, -0.05) is 0 Å². The normalized spacial score (nSPS) is 11.3. The highest BCUT2D eigenvalue weighted by molar-refractivity contribution is 5.98. The lowest BCUT2D eigenvalue weighted by Crippen LogP contribution is -2.46. The topological polar surface area (TPSA) is 116 Å². The van der Waals surface area contributed by atoms with E-state index in [1.165, 1.54) is 10.9 Å². The molecule has 0 fully saturated rings. The molecular formula is C11H19N5O2. The van der Waals surface area contributed by atoms with Gasteiger partial charge in [0.15, 0.2) is 0 Å². The van der Waals surface area contributed by atoms with Crippen LogP contribution in [0, 0.1) is 0 Å². The van der Waals surface area contributed by atoms with E-state index in [1.807, 2.05) is 6.92 Å². The number of hydrogen-bond acceptors (Lipinski definition) is 4. The van der Waals surface area contributed by atoms with Crippen molar-refractivity contribution in [3.8, 4) is 0 Å². The van der Waals surface area contributed by atoms with Crippen molar-refractivity contribution >= 4 is 17.5 Å². The molecule has 7 nitrogen and oxygen atoms in total. The molecule has 1 aromatic rings. The van der Waals surface area contributed by atoms with Gasteiger partial charge in [-0.3, -0.25) is 14.3 Å². The highest BCUT2D eigenvalue weighted by atomic mass is 16.2. The zero-order valence-electron chi connectivity index (χ0n) is 10.9. The second kappa shape index (κ2) is 5.07. The molecule has 0 bridgehead atoms. The van der Waals surface area contributed by atoms with E-state index >= 15 is 0 Å². The van der Waals surface area contributed by atoms with Gasteiger partial charge in [0.1, 0.15) is 5.69 Å². The molecule has 0 saturated heterocycles. The molecular weight excluding hydrogens is 234 g/mol. The van der Waals surface area contributed by atoms with Crippen molar-refractivity contribution in [2.75, 3.05) is 5.73 Å². The second-order valence-electron chi connectivity index (χ2n) is 4.75. The number of amides is 2. The average molecular weight is 253 g/mol. The first-order chi connectivity index (χ1) is 8.26. The van der Waals surface area contributed by atoms with Crippen molar-refractivity contribution in [3.05, 3.63) is 11.9 Å². The molecule has 0 spiro atoms. The number of hydrogen-bond donors (Lipinski definition) is 3. The van der Waals surface area contributed by atoms with Crippen LogP contribution in [0.2, 0.25) is 0 Å². The number of nitrogens with one attached hydrogen (secondary N) is 1. The van der Waals surface area contributed by atoms with Crippen molar-refractivity contribution in [3.63, 3.8) is 0 Å². The van der Waals surface area contributed by atoms with Crippen LogP contribution >= 0.6 is 0 Å². The van der Waals surface area contributed by atoms with Crippen molar-refractivity contribution in [1.82, 2.24) is 15.1 Å². The van der Waals surface area contributed by atoms with Crippen molar-refractivity contribution < 1.29 is 9.59 Å². The molecule has 100 valence electrons. The first-order valence-corrected chi connectivity index (χ1v) is 5.69. The zero-order valence-corrected chi connectivity index (χ0v) is 10.9. The Morgan fingerprint density at radius 3 is 2.61 bits per heavy atom. The molecule has 1 rings (SSSR count). The van der Waals surface area contributed by atoms with Crippen LogP contribution in [0.3, 0.4) is 0 Å². The molecule has 0 aromatic carbocycles. The summed E-state index contributed by atoms with van der Waals surface area (Å²) in [5, 5.41) is 6.71. The van der Waals surface area contributed by atoms with E-state index in [2.05, 4.69) is 10.4 Å². The number of carbonyl (C=O) groups excluding carboxylic acids is 2. The highest BCUT2D eigenvalue weighted by Gasteiger charge is 2.26. The molecule has 0 atom stereocenters. The van der Waals surface area contributed by atoms with Crippen LogP contribution in [-0.2, 0) is 11.3 Å². The van der Waals surface area contributed by atoms with Gasteiger partial charge in [0.2, 0.25) is 5.91 Å². The van der Waals surface area contributed by atoms with Crippen LogP contribution in [0.1, 0.15) is 37.7 Å². The molecule has 0 aliphatic rings. The van der Waals surface area contributed by atoms with Gasteiger partial charge in [-0.15, -0.1) is 0 Å². The Balaban J connectivity index is 2.88. The summed E-state index contributed by atoms with van der Waals surface area (Å²) < 4.78 is 1.50. The van der Waals surface area contributed by atoms with Crippen LogP contribution in [0.4, 0.5) is 5.69 Å². The van der Waals surface area contributed by atoms with Crippen LogP contribution in [0.15, 0.2) is 6.20 Å². The van der Waals surface area contributed by atoms with Crippen molar-refractivity contribution in [1.29, 1.82) is 0 Å². The maximum Gasteiger partial charge on any atom is 0.272 e. The fourth-order valence-corrected chi connectivity index (χ4v) is 1.73. The number of carbonyl (C=O) groups is 2. The fraction of sp³-hybridized carbons (Fsp3) is 0.545. The Labute approximate surface area is 106 Å². The lowest BCUT2D eigenvalue weighted by molar-refractivity contribution is -0.119. The number of aryl methyl sites for hydroxylation is 1. The third kappa shape index (κ3) is 3.22. The number of nitrogens with two attached hydrogens (primary N) is 2. The monoisotopic (exact) mass is 253 g/mol. The predicted molar refractivity (Wildman–Crippen MR) is 67.7 cm³/mol. The number of anilines is 1. The number of aromatic nitrogens is 2. The summed E-state index contributed by atoms with van der Waals surface area (Å²) >= 11 is 0. The number of nitrogen functional groups attached to an aromatic ring is 1. The molecule has 0 unspecified atom stereocenters. The predicted octanol–water partition coefficient (Wildman–Crippen LogP) is -0.131. The summed E-state index contributed by atoms with van der Waals surface area (Å²) in [5.41, 5.74) is 10.7. The first-order valence-electron chi connectivity index (χ1n) is 5.69. The summed E-state index contributed by atoms with van der Waals surface area (Å²) in [6, 6.07) is 0. The van der Waals surface area contributed by atoms with Crippen molar-refractivity contribution in [2.45, 2.75) is 39.3 Å². The number of primary amides is 1. The molecule has 7 heteroatoms. The highest BCUT2D eigenvalue weighted by Crippen LogP contribution is 2.14. The van der Waals surface area contributed by atoms with E-state index in [9.17, 15) is 9.59 Å². The molecule has 0 aliphatic heterocycles. The molecule has 18 heavy (non-hydrogen) atoms. The van der Waals surface area contributed by atoms with E-state index in [0.29, 0.717) is 17.9 Å². The molecule has 1 aromatic heterocycles. The minimum Gasteiger partial charge on any atom is -0.396 e. The van der Waals surface area contributed by atoms with Gasteiger partial charge in [-0.25, -0.2) is 0 Å². The van der Waals surface area contributed by atoms with Gasteiger partial charge >= 0.3 is 0 Å². The maximum atomic E-state index is 12.1. The van der Waals surface area contributed by atoms with Crippen LogP contribution in [0.25, 0.3) is 0 Å². The molecule has 2 amide bonds. The summed E-state index contributed by atoms with van der Waals surface area (Å²) in [4.78, 5) is 23.0. The maximum absolute atomic E-state index is 12.1. The number of rotatable bonds is 5. The van der Waals surface area contributed by atoms with E-state index in [-0.39, 0.29) is 12.3 Å². The Morgan fingerprint density at radius 2 is 2.11 bits per heavy atom. The zero-order chi connectivity index (χ0) is 13.9. The van der Waals surface area contributed by atoms with Gasteiger partial charge in [0, 0.05) is 18.5 Å². The van der Waals surface area contributed by atoms with Gasteiger partial charge in [0.25, 0.3) is 5.91 Å². The minimum atomic E-state index is -0.724. The first kappa shape index (κ1) is 14.0. The van der Waals surface area contributed by atoms with E-state index < -0.39 is 11.4 Å². The van der Waals surface area contributed by atoms with E-state index in [4.69, 9.17) is 11.5 Å². The second-order valence-corrected chi connectivity index (χ2v) is 4.75. The standard InChI is InChI=1S/C11H19N5O2/c1-4-16-9(7(12)6-14-16)10(18)15-11(2,3)5-8(13)17/h6H,4-5,12H2,1-3H3,(H2,13,17)(H,15,18). The third-order valence-corrected chi connectivity index (χ3v) is 2.45. The van der Waals surface area contributed by atoms with Crippen molar-refractivity contribution in [2.24, 2.45) is 5.73 Å². The van der Waals surface area contributed by atoms with E-state index in [1.54, 1.807) is 13.8 Å². The quantitative estimate of drug-likeness (QED) is 0.677. The summed E-state index contributed by atoms with van der Waals surface area (Å²) in [6.07, 6.45) is 1.48. The van der Waals surface area contributed by atoms with Crippen LogP contribution in [0.5, 0.6) is 0 Å². The minimum absolute atomic E-state index is 0.0545. The van der Waals surface area contributed by atoms with Gasteiger partial charge in [-0.05, 0) is 20.8 Å². The summed E-state index contributed by atoms with van der Waals surface area (Å²) in [6.45, 7) is 5.84. The smallest absolute Gasteiger partial charge is 0.272 e. The summed E-state index contributed by atoms with van der Waals surface area (Å²) in [5.74, 6) is -0.838. The van der Waals surface area contributed by atoms with Gasteiger partial charge in [0.05, 0.1) is 11.9 Å². The largest absolute Gasteiger partial charge is 0.396 e. The Bertz CT molecular complexity index is 464. The van der Waals surface area contributed by atoms with Gasteiger partial charge < -0.3 is 16.8 Å². The molecule has 0 saturated carbocycles. The Kier molecular flexibility index (Phi) is 3.95. The van der Waals surface area contributed by atoms with Gasteiger partial charge in [-0.2, -0.15) is 5.10 Å². The van der Waals surface area contributed by atoms with Crippen LogP contribution < -0.4 is 16.8 Å². The lowest BCUT2D eigenvalue weighted by atomic mass is 10.00. The van der Waals surface area contributed by atoms with Crippen LogP contribution in [-0.4, -0.2) is 27.1 Å². The SMILES string of the molecule is CCn1ncc(N)c1C(=O)NC(C)(C)CC(N)=O. The fourth-order valence-electron chi connectivity index (χ4n) is 1.73. The lowest BCUT2D eigenvalue weighted by Gasteiger charge is -2.24. The average Bonchev–Trinajstić information content (AvgIpc) is 2.56. The van der Waals surface area contributed by atoms with E-state index in [0.717, 1.165) is 0 Å². The molecule has 0 radical (unpaired) electrons. The molecule has 1 heterocycles. The molecule has 5 N–H and O–H groups in total. The Morgan fingerprint density at radius 1 is 1.50 bits per heavy atom. The molecule has 0 aliphatic carbocycles.